The molecule has 3 rings (SSSR count). The average Bonchev–Trinajstić information content (AvgIpc) is 2.88. The van der Waals surface area contributed by atoms with Crippen molar-refractivity contribution in [3.05, 3.63) is 77.4 Å². The summed E-state index contributed by atoms with van der Waals surface area (Å²) in [5, 5.41) is 3.62. The zero-order valence-electron chi connectivity index (χ0n) is 11.0. The van der Waals surface area contributed by atoms with Gasteiger partial charge in [-0.2, -0.15) is 0 Å². The van der Waals surface area contributed by atoms with E-state index in [4.69, 9.17) is 0 Å². The number of hydrogen-bond donors (Lipinski definition) is 1. The quantitative estimate of drug-likeness (QED) is 0.864. The maximum atomic E-state index is 3.62. The van der Waals surface area contributed by atoms with Gasteiger partial charge in [0.2, 0.25) is 0 Å². The fourth-order valence-electron chi connectivity index (χ4n) is 2.74. The van der Waals surface area contributed by atoms with Crippen molar-refractivity contribution >= 4 is 6.08 Å². The van der Waals surface area contributed by atoms with Gasteiger partial charge in [0.1, 0.15) is 0 Å². The van der Waals surface area contributed by atoms with Crippen molar-refractivity contribution in [2.45, 2.75) is 18.9 Å². The lowest BCUT2D eigenvalue weighted by Gasteiger charge is -2.12. The average molecular weight is 249 g/mol. The second kappa shape index (κ2) is 5.85. The third-order valence-electron chi connectivity index (χ3n) is 3.72. The van der Waals surface area contributed by atoms with E-state index in [1.54, 1.807) is 0 Å². The monoisotopic (exact) mass is 249 g/mol. The molecule has 0 spiro atoms. The fraction of sp³-hybridized carbons (Fsp3) is 0.222. The Morgan fingerprint density at radius 1 is 1.00 bits per heavy atom. The van der Waals surface area contributed by atoms with Crippen LogP contribution in [-0.4, -0.2) is 6.54 Å². The molecule has 2 aromatic rings. The van der Waals surface area contributed by atoms with Crippen LogP contribution in [-0.2, 0) is 6.42 Å². The molecule has 19 heavy (non-hydrogen) atoms. The lowest BCUT2D eigenvalue weighted by atomic mass is 10.1. The number of benzene rings is 2. The summed E-state index contributed by atoms with van der Waals surface area (Å²) in [6.07, 6.45) is 6.80. The maximum Gasteiger partial charge on any atom is 0.0328 e. The Balaban J connectivity index is 1.56. The largest absolute Gasteiger partial charge is 0.306 e. The highest BCUT2D eigenvalue weighted by molar-refractivity contribution is 5.48. The van der Waals surface area contributed by atoms with Gasteiger partial charge in [-0.1, -0.05) is 66.7 Å². The van der Waals surface area contributed by atoms with E-state index in [-0.39, 0.29) is 0 Å². The molecule has 0 amide bonds. The molecule has 0 radical (unpaired) electrons. The molecule has 96 valence electrons. The van der Waals surface area contributed by atoms with Gasteiger partial charge in [0.05, 0.1) is 0 Å². The van der Waals surface area contributed by atoms with Crippen LogP contribution < -0.4 is 5.32 Å². The smallest absolute Gasteiger partial charge is 0.0328 e. The van der Waals surface area contributed by atoms with Crippen molar-refractivity contribution in [1.29, 1.82) is 0 Å². The first-order valence-corrected chi connectivity index (χ1v) is 6.96. The van der Waals surface area contributed by atoms with Gasteiger partial charge in [0.25, 0.3) is 0 Å². The van der Waals surface area contributed by atoms with E-state index in [2.05, 4.69) is 66.0 Å². The summed E-state index contributed by atoms with van der Waals surface area (Å²) in [5.74, 6) is 0. The lowest BCUT2D eigenvalue weighted by molar-refractivity contribution is 0.564. The first-order chi connectivity index (χ1) is 9.43. The summed E-state index contributed by atoms with van der Waals surface area (Å²) in [7, 11) is 0. The predicted molar refractivity (Wildman–Crippen MR) is 81.0 cm³/mol. The third kappa shape index (κ3) is 2.94. The van der Waals surface area contributed by atoms with E-state index in [9.17, 15) is 0 Å². The van der Waals surface area contributed by atoms with E-state index in [0.29, 0.717) is 6.04 Å². The summed E-state index contributed by atoms with van der Waals surface area (Å²) >= 11 is 0. The predicted octanol–water partition coefficient (Wildman–Crippen LogP) is 3.98. The van der Waals surface area contributed by atoms with E-state index in [1.165, 1.54) is 29.5 Å². The molecule has 1 aliphatic carbocycles. The fourth-order valence-corrected chi connectivity index (χ4v) is 2.74. The topological polar surface area (TPSA) is 12.0 Å². The van der Waals surface area contributed by atoms with Crippen LogP contribution >= 0.6 is 0 Å². The van der Waals surface area contributed by atoms with Crippen LogP contribution in [0.5, 0.6) is 0 Å². The SMILES string of the molecule is C(=C\c1ccccc1)/CNC1CCc2ccccc21. The molecule has 1 heteroatoms. The van der Waals surface area contributed by atoms with Crippen molar-refractivity contribution in [3.8, 4) is 0 Å². The van der Waals surface area contributed by atoms with Gasteiger partial charge >= 0.3 is 0 Å². The lowest BCUT2D eigenvalue weighted by Crippen LogP contribution is -2.18. The Kier molecular flexibility index (Phi) is 3.75. The van der Waals surface area contributed by atoms with Gasteiger partial charge in [0.15, 0.2) is 0 Å². The summed E-state index contributed by atoms with van der Waals surface area (Å²) in [6, 6.07) is 19.7. The Morgan fingerprint density at radius 2 is 1.79 bits per heavy atom. The first-order valence-electron chi connectivity index (χ1n) is 6.96. The number of aryl methyl sites for hydroxylation is 1. The zero-order chi connectivity index (χ0) is 12.9. The molecule has 1 N–H and O–H groups in total. The Bertz CT molecular complexity index is 557. The molecule has 0 aliphatic heterocycles. The van der Waals surface area contributed by atoms with E-state index < -0.39 is 0 Å². The summed E-state index contributed by atoms with van der Waals surface area (Å²) in [4.78, 5) is 0. The summed E-state index contributed by atoms with van der Waals surface area (Å²) in [6.45, 7) is 0.924. The highest BCUT2D eigenvalue weighted by Gasteiger charge is 2.20. The second-order valence-electron chi connectivity index (χ2n) is 5.01. The minimum atomic E-state index is 0.525. The van der Waals surface area contributed by atoms with Crippen LogP contribution in [0.15, 0.2) is 60.7 Å². The summed E-state index contributed by atoms with van der Waals surface area (Å²) < 4.78 is 0. The van der Waals surface area contributed by atoms with Crippen LogP contribution in [0.25, 0.3) is 6.08 Å². The molecule has 0 aromatic heterocycles. The van der Waals surface area contributed by atoms with Crippen molar-refractivity contribution in [2.24, 2.45) is 0 Å². The van der Waals surface area contributed by atoms with Gasteiger partial charge in [-0.25, -0.2) is 0 Å². The maximum absolute atomic E-state index is 3.62. The molecule has 1 aliphatic rings. The first kappa shape index (κ1) is 12.2. The van der Waals surface area contributed by atoms with Crippen molar-refractivity contribution < 1.29 is 0 Å². The minimum absolute atomic E-state index is 0.525. The molecule has 0 fully saturated rings. The van der Waals surface area contributed by atoms with Gasteiger partial charge in [-0.3, -0.25) is 0 Å². The van der Waals surface area contributed by atoms with Crippen molar-refractivity contribution in [3.63, 3.8) is 0 Å². The Morgan fingerprint density at radius 3 is 2.68 bits per heavy atom. The van der Waals surface area contributed by atoms with Gasteiger partial charge in [-0.05, 0) is 29.5 Å². The van der Waals surface area contributed by atoms with Crippen LogP contribution in [0.4, 0.5) is 0 Å². The number of hydrogen-bond acceptors (Lipinski definition) is 1. The summed E-state index contributed by atoms with van der Waals surface area (Å²) in [5.41, 5.74) is 4.25. The normalized spacial score (nSPS) is 17.8. The standard InChI is InChI=1S/C18H19N/c1-2-7-15(8-3-1)9-6-14-19-18-13-12-16-10-4-5-11-17(16)18/h1-11,18-19H,12-14H2/b9-6+. The molecule has 2 aromatic carbocycles. The molecule has 0 saturated heterocycles. The molecule has 1 atom stereocenters. The van der Waals surface area contributed by atoms with Crippen LogP contribution in [0.3, 0.4) is 0 Å². The minimum Gasteiger partial charge on any atom is -0.306 e. The van der Waals surface area contributed by atoms with Crippen LogP contribution in [0.1, 0.15) is 29.2 Å². The number of rotatable bonds is 4. The highest BCUT2D eigenvalue weighted by Crippen LogP contribution is 2.30. The number of nitrogens with one attached hydrogen (secondary N) is 1. The molecule has 1 nitrogen and oxygen atoms in total. The number of fused-ring (bicyclic) bond motifs is 1. The zero-order valence-corrected chi connectivity index (χ0v) is 11.0. The Hall–Kier alpha value is -1.86. The molecular weight excluding hydrogens is 230 g/mol. The van der Waals surface area contributed by atoms with E-state index in [1.807, 2.05) is 6.07 Å². The molecular formula is C18H19N. The highest BCUT2D eigenvalue weighted by atomic mass is 14.9. The van der Waals surface area contributed by atoms with Gasteiger partial charge in [0, 0.05) is 12.6 Å². The van der Waals surface area contributed by atoms with Crippen LogP contribution in [0, 0.1) is 0 Å². The van der Waals surface area contributed by atoms with Crippen LogP contribution in [0.2, 0.25) is 0 Å². The Labute approximate surface area is 115 Å². The van der Waals surface area contributed by atoms with Gasteiger partial charge in [-0.15, -0.1) is 0 Å². The van der Waals surface area contributed by atoms with Gasteiger partial charge < -0.3 is 5.32 Å². The molecule has 0 heterocycles. The third-order valence-corrected chi connectivity index (χ3v) is 3.72. The molecule has 0 bridgehead atoms. The van der Waals surface area contributed by atoms with E-state index in [0.717, 1.165) is 6.54 Å². The molecule has 0 saturated carbocycles. The van der Waals surface area contributed by atoms with Crippen molar-refractivity contribution in [2.75, 3.05) is 6.54 Å². The second-order valence-corrected chi connectivity index (χ2v) is 5.01. The van der Waals surface area contributed by atoms with Crippen molar-refractivity contribution in [1.82, 2.24) is 5.32 Å². The van der Waals surface area contributed by atoms with E-state index >= 15 is 0 Å². The molecule has 1 unspecified atom stereocenters.